The Morgan fingerprint density at radius 1 is 1.17 bits per heavy atom. The number of carbonyl (C=O) groups excluding carboxylic acids is 1. The molecule has 1 aromatic heterocycles. The first-order chi connectivity index (χ1) is 14.3. The predicted octanol–water partition coefficient (Wildman–Crippen LogP) is 4.84. The minimum atomic E-state index is -4.53. The Kier molecular flexibility index (Phi) is 6.77. The zero-order valence-electron chi connectivity index (χ0n) is 16.4. The molecule has 0 saturated heterocycles. The highest BCUT2D eigenvalue weighted by molar-refractivity contribution is 7.98. The van der Waals surface area contributed by atoms with E-state index in [1.54, 1.807) is 23.9 Å². The van der Waals surface area contributed by atoms with Gasteiger partial charge in [0.1, 0.15) is 0 Å². The van der Waals surface area contributed by atoms with Crippen LogP contribution in [-0.2, 0) is 12.7 Å². The molecular formula is C20H19F3N2O3S2. The summed E-state index contributed by atoms with van der Waals surface area (Å²) in [5, 5.41) is 0. The van der Waals surface area contributed by atoms with Gasteiger partial charge in [-0.2, -0.15) is 29.9 Å². The molecule has 3 rings (SSSR count). The number of nitrogens with zero attached hydrogens (tertiary/aromatic N) is 2. The number of amides is 1. The fourth-order valence-electron chi connectivity index (χ4n) is 2.86. The van der Waals surface area contributed by atoms with Crippen molar-refractivity contribution < 1.29 is 27.4 Å². The van der Waals surface area contributed by atoms with Gasteiger partial charge in [-0.1, -0.05) is 17.4 Å². The van der Waals surface area contributed by atoms with Crippen LogP contribution in [0.5, 0.6) is 11.5 Å². The molecule has 0 bridgehead atoms. The average molecular weight is 457 g/mol. The Hall–Kier alpha value is -2.46. The van der Waals surface area contributed by atoms with E-state index in [1.807, 2.05) is 10.8 Å². The molecule has 1 heterocycles. The van der Waals surface area contributed by atoms with E-state index < -0.39 is 17.6 Å². The van der Waals surface area contributed by atoms with Crippen molar-refractivity contribution in [2.24, 2.45) is 4.99 Å². The topological polar surface area (TPSA) is 52.8 Å². The number of ether oxygens (including phenoxy) is 2. The highest BCUT2D eigenvalue weighted by atomic mass is 32.2. The monoisotopic (exact) mass is 456 g/mol. The Balaban J connectivity index is 2.14. The number of halogens is 3. The standard InChI is InChI=1S/C20H19F3N2O3S2/c1-27-15-10-14-17(11-16(15)28-2)30-19(25(14)7-8-29-3)24-18(26)12-5-4-6-13(9-12)20(21,22)23/h4-6,9-11H,7-8H2,1-3H3. The summed E-state index contributed by atoms with van der Waals surface area (Å²) in [6, 6.07) is 7.87. The highest BCUT2D eigenvalue weighted by Crippen LogP contribution is 2.33. The van der Waals surface area contributed by atoms with E-state index in [-0.39, 0.29) is 5.56 Å². The summed E-state index contributed by atoms with van der Waals surface area (Å²) in [5.41, 5.74) is -0.194. The van der Waals surface area contributed by atoms with Crippen molar-refractivity contribution in [3.63, 3.8) is 0 Å². The number of hydrogen-bond acceptors (Lipinski definition) is 5. The van der Waals surface area contributed by atoms with E-state index in [9.17, 15) is 18.0 Å². The number of hydrogen-bond donors (Lipinski definition) is 0. The molecule has 0 atom stereocenters. The molecule has 160 valence electrons. The van der Waals surface area contributed by atoms with Crippen molar-refractivity contribution in [2.75, 3.05) is 26.2 Å². The van der Waals surface area contributed by atoms with Gasteiger partial charge in [-0.25, -0.2) is 0 Å². The summed E-state index contributed by atoms with van der Waals surface area (Å²) in [4.78, 5) is 17.2. The molecular weight excluding hydrogens is 437 g/mol. The highest BCUT2D eigenvalue weighted by Gasteiger charge is 2.30. The molecule has 0 N–H and O–H groups in total. The van der Waals surface area contributed by atoms with Gasteiger partial charge in [0.2, 0.25) is 0 Å². The number of thioether (sulfide) groups is 1. The molecule has 0 aliphatic carbocycles. The van der Waals surface area contributed by atoms with E-state index in [1.165, 1.54) is 37.7 Å². The number of alkyl halides is 3. The van der Waals surface area contributed by atoms with Crippen LogP contribution in [0.1, 0.15) is 15.9 Å². The molecule has 0 radical (unpaired) electrons. The van der Waals surface area contributed by atoms with Crippen LogP contribution >= 0.6 is 23.1 Å². The van der Waals surface area contributed by atoms with Crippen molar-refractivity contribution in [1.29, 1.82) is 0 Å². The van der Waals surface area contributed by atoms with Gasteiger partial charge in [0.15, 0.2) is 16.3 Å². The summed E-state index contributed by atoms with van der Waals surface area (Å²) in [7, 11) is 3.06. The fraction of sp³-hybridized carbons (Fsp3) is 0.300. The lowest BCUT2D eigenvalue weighted by Gasteiger charge is -2.09. The van der Waals surface area contributed by atoms with E-state index in [2.05, 4.69) is 4.99 Å². The van der Waals surface area contributed by atoms with Gasteiger partial charge in [0, 0.05) is 30.0 Å². The van der Waals surface area contributed by atoms with Crippen molar-refractivity contribution >= 4 is 39.2 Å². The number of benzene rings is 2. The molecule has 2 aromatic carbocycles. The fourth-order valence-corrected chi connectivity index (χ4v) is 4.29. The Morgan fingerprint density at radius 3 is 2.50 bits per heavy atom. The maximum Gasteiger partial charge on any atom is 0.416 e. The second-order valence-electron chi connectivity index (χ2n) is 6.20. The lowest BCUT2D eigenvalue weighted by Crippen LogP contribution is -2.18. The normalized spacial score (nSPS) is 12.4. The van der Waals surface area contributed by atoms with Crippen molar-refractivity contribution in [3.8, 4) is 11.5 Å². The van der Waals surface area contributed by atoms with E-state index in [0.29, 0.717) is 22.8 Å². The summed E-state index contributed by atoms with van der Waals surface area (Å²) in [6.07, 6.45) is -2.57. The molecule has 10 heteroatoms. The van der Waals surface area contributed by atoms with Crippen LogP contribution in [0.3, 0.4) is 0 Å². The van der Waals surface area contributed by atoms with Crippen LogP contribution < -0.4 is 14.3 Å². The zero-order chi connectivity index (χ0) is 21.9. The van der Waals surface area contributed by atoms with Gasteiger partial charge in [0.25, 0.3) is 5.91 Å². The Bertz CT molecular complexity index is 1140. The zero-order valence-corrected chi connectivity index (χ0v) is 18.1. The van der Waals surface area contributed by atoms with Crippen LogP contribution in [0.15, 0.2) is 41.4 Å². The summed E-state index contributed by atoms with van der Waals surface area (Å²) >= 11 is 2.90. The van der Waals surface area contributed by atoms with E-state index in [0.717, 1.165) is 28.1 Å². The molecule has 0 spiro atoms. The third-order valence-corrected chi connectivity index (χ3v) is 5.97. The largest absolute Gasteiger partial charge is 0.493 e. The third kappa shape index (κ3) is 4.65. The number of aromatic nitrogens is 1. The number of rotatable bonds is 6. The molecule has 0 unspecified atom stereocenters. The van der Waals surface area contributed by atoms with Crippen molar-refractivity contribution in [2.45, 2.75) is 12.7 Å². The molecule has 30 heavy (non-hydrogen) atoms. The summed E-state index contributed by atoms with van der Waals surface area (Å²) in [6.45, 7) is 0.575. The lowest BCUT2D eigenvalue weighted by atomic mass is 10.1. The molecule has 5 nitrogen and oxygen atoms in total. The molecule has 0 fully saturated rings. The summed E-state index contributed by atoms with van der Waals surface area (Å²) < 4.78 is 52.3. The van der Waals surface area contributed by atoms with Gasteiger partial charge >= 0.3 is 6.18 Å². The van der Waals surface area contributed by atoms with Crippen LogP contribution in [-0.4, -0.2) is 36.7 Å². The summed E-state index contributed by atoms with van der Waals surface area (Å²) in [5.74, 6) is 1.12. The van der Waals surface area contributed by atoms with Crippen molar-refractivity contribution in [1.82, 2.24) is 4.57 Å². The molecule has 1 amide bonds. The Labute approximate surface area is 179 Å². The second kappa shape index (κ2) is 9.13. The van der Waals surface area contributed by atoms with Crippen LogP contribution in [0.25, 0.3) is 10.2 Å². The lowest BCUT2D eigenvalue weighted by molar-refractivity contribution is -0.137. The molecule has 0 aliphatic rings. The number of methoxy groups -OCH3 is 2. The quantitative estimate of drug-likeness (QED) is 0.533. The third-order valence-electron chi connectivity index (χ3n) is 4.34. The predicted molar refractivity (Wildman–Crippen MR) is 113 cm³/mol. The maximum atomic E-state index is 13.0. The number of thiazole rings is 1. The van der Waals surface area contributed by atoms with Crippen LogP contribution in [0, 0.1) is 0 Å². The second-order valence-corrected chi connectivity index (χ2v) is 8.19. The van der Waals surface area contributed by atoms with Gasteiger partial charge in [-0.3, -0.25) is 4.79 Å². The number of fused-ring (bicyclic) bond motifs is 1. The number of aryl methyl sites for hydroxylation is 1. The SMILES string of the molecule is COc1cc2sc(=NC(=O)c3cccc(C(F)(F)F)c3)n(CCSC)c2cc1OC. The average Bonchev–Trinajstić information content (AvgIpc) is 3.06. The maximum absolute atomic E-state index is 13.0. The molecule has 0 saturated carbocycles. The first-order valence-electron chi connectivity index (χ1n) is 8.79. The molecule has 3 aromatic rings. The van der Waals surface area contributed by atoms with Crippen molar-refractivity contribution in [3.05, 3.63) is 52.3 Å². The van der Waals surface area contributed by atoms with Crippen LogP contribution in [0.2, 0.25) is 0 Å². The van der Waals surface area contributed by atoms with Gasteiger partial charge in [0.05, 0.1) is 30.0 Å². The minimum absolute atomic E-state index is 0.117. The van der Waals surface area contributed by atoms with Gasteiger partial charge < -0.3 is 14.0 Å². The van der Waals surface area contributed by atoms with Gasteiger partial charge in [-0.15, -0.1) is 0 Å². The smallest absolute Gasteiger partial charge is 0.416 e. The van der Waals surface area contributed by atoms with E-state index in [4.69, 9.17) is 9.47 Å². The van der Waals surface area contributed by atoms with E-state index >= 15 is 0 Å². The van der Waals surface area contributed by atoms with Crippen LogP contribution in [0.4, 0.5) is 13.2 Å². The molecule has 0 aliphatic heterocycles. The first-order valence-corrected chi connectivity index (χ1v) is 11.0. The van der Waals surface area contributed by atoms with Gasteiger partial charge in [-0.05, 0) is 24.5 Å². The number of carbonyl (C=O) groups is 1. The minimum Gasteiger partial charge on any atom is -0.493 e. The Morgan fingerprint density at radius 2 is 1.87 bits per heavy atom. The first kappa shape index (κ1) is 22.2.